The summed E-state index contributed by atoms with van der Waals surface area (Å²) in [6.07, 6.45) is 3.22. The number of alkyl halides is 3. The number of aliphatic hydroxyl groups is 1. The molecule has 0 atom stereocenters. The first-order valence-corrected chi connectivity index (χ1v) is 47.5. The first-order chi connectivity index (χ1) is 63.8. The molecule has 0 aliphatic rings. The summed E-state index contributed by atoms with van der Waals surface area (Å²) >= 11 is 34.4. The fourth-order valence-electron chi connectivity index (χ4n) is 8.58. The van der Waals surface area contributed by atoms with E-state index >= 15 is 0 Å². The molecule has 0 saturated heterocycles. The molecule has 10 N–H and O–H groups in total. The molecule has 726 valence electrons. The van der Waals surface area contributed by atoms with Crippen molar-refractivity contribution < 1.29 is 142 Å². The molecule has 0 spiro atoms. The highest BCUT2D eigenvalue weighted by atomic mass is 79.9. The van der Waals surface area contributed by atoms with Gasteiger partial charge in [0, 0.05) is 97.3 Å². The summed E-state index contributed by atoms with van der Waals surface area (Å²) in [5, 5.41) is 88.4. The van der Waals surface area contributed by atoms with Crippen LogP contribution in [0.25, 0.3) is 0 Å². The number of phenols is 8. The molecule has 0 unspecified atom stereocenters. The standard InChI is InChI=1S/2C16H16O3.C8H6Br2O3.C8H7BrO3.C8H7BrO.C8H8O3.C8H10O2.2C7H4Br2O3.C2H4O2.C2H6O.CH2Cl2.CH3F.Cl2OS/c2*1-3-18-14-8-10-16(11-9-14)19-15-6-4-13(5-7-15)12(2)17;1-13-5-2-4(3-11)6(9)7(10)8(5)12;1-12-7-3-5(4-10)2-6(9)8(7)11;1-6(10)7-2-4-8(9)5-3-7;1-11-8-4-6(5-9)2-3-7(8)10;1-2-10-8-5-3-7(9)4-6-8;2*8-5-3(2-10)1-4(11)7(12)6(5)9;1-2(3)4;1-2-3;2-1-3;1-2;1-4(2)3/h2*4-11H,3H2,1-2H3;2-3,12H,1H3;2-4,11H,1H3;2-5H,1H3;2-5,10H,1H3;3-6,9H,2H2,1H3;2*1-2,11-12H;1H3,(H,3,4);3H,2H2,1H3;1H2;1H3;/i;;;;;;;;;;;;1D;. The molecule has 0 fully saturated rings. The normalized spacial score (nSPS) is 9.40. The number of carbonyl (C=O) groups is 9. The summed E-state index contributed by atoms with van der Waals surface area (Å²) < 4.78 is 70.0. The Labute approximate surface area is 863 Å². The van der Waals surface area contributed by atoms with Crippen LogP contribution < -0.4 is 37.9 Å². The van der Waals surface area contributed by atoms with Crippen LogP contribution in [0.15, 0.2) is 230 Å². The third kappa shape index (κ3) is 52.8. The molecule has 0 aromatic heterocycles. The molecule has 0 bridgehead atoms. The number of carbonyl (C=O) groups excluding carboxylic acids is 8. The number of halogens is 13. The van der Waals surface area contributed by atoms with Crippen LogP contribution >= 0.6 is 172 Å². The van der Waals surface area contributed by atoms with Gasteiger partial charge in [0.2, 0.25) is 9.23 Å². The third-order valence-electron chi connectivity index (χ3n) is 14.6. The zero-order valence-corrected chi connectivity index (χ0v) is 89.3. The smallest absolute Gasteiger partial charge is 0.300 e. The lowest BCUT2D eigenvalue weighted by atomic mass is 10.1. The Bertz CT molecular complexity index is 5260. The van der Waals surface area contributed by atoms with Crippen molar-refractivity contribution in [1.82, 2.24) is 0 Å². The number of ketones is 3. The van der Waals surface area contributed by atoms with Crippen LogP contribution in [0.2, 0.25) is 0 Å². The Balaban J connectivity index is -0.00000143. The topological polar surface area (TPSA) is 447 Å². The second kappa shape index (κ2) is 74.4. The van der Waals surface area contributed by atoms with E-state index in [9.17, 15) is 53.0 Å². The summed E-state index contributed by atoms with van der Waals surface area (Å²) in [7, 11) is 10.6. The van der Waals surface area contributed by atoms with Gasteiger partial charge in [0.15, 0.2) is 93.7 Å². The highest BCUT2D eigenvalue weighted by molar-refractivity contribution is 9.14. The second-order valence-electron chi connectivity index (χ2n) is 23.9. The van der Waals surface area contributed by atoms with E-state index in [1.807, 2.05) is 81.4 Å². The van der Waals surface area contributed by atoms with Gasteiger partial charge in [-0.1, -0.05) is 28.1 Å². The van der Waals surface area contributed by atoms with Crippen molar-refractivity contribution in [3.8, 4) is 103 Å². The summed E-state index contributed by atoms with van der Waals surface area (Å²) in [4.78, 5) is 94.1. The lowest BCUT2D eigenvalue weighted by Crippen LogP contribution is -1.92. The van der Waals surface area contributed by atoms with Gasteiger partial charge in [-0.25, -0.2) is 4.21 Å². The number of hydrogen-bond acceptors (Lipinski definition) is 27. The molecule has 28 nitrogen and oxygen atoms in total. The number of aliphatic hydroxyl groups excluding tert-OH is 1. The lowest BCUT2D eigenvalue weighted by molar-refractivity contribution is -0.134. The van der Waals surface area contributed by atoms with Crippen LogP contribution in [-0.2, 0) is 14.0 Å². The molecule has 0 radical (unpaired) electrons. The van der Waals surface area contributed by atoms with E-state index in [0.717, 1.165) is 45.7 Å². The number of carboxylic acid groups (broad SMARTS) is 1. The van der Waals surface area contributed by atoms with Gasteiger partial charge in [-0.05, 0) is 342 Å². The van der Waals surface area contributed by atoms with Crippen molar-refractivity contribution in [3.63, 3.8) is 0 Å². The molecule has 0 saturated carbocycles. The predicted octanol–water partition coefficient (Wildman–Crippen LogP) is 26.5. The van der Waals surface area contributed by atoms with Crippen LogP contribution in [0.3, 0.4) is 0 Å². The van der Waals surface area contributed by atoms with Crippen molar-refractivity contribution >= 4 is 236 Å². The van der Waals surface area contributed by atoms with Gasteiger partial charge in [-0.15, -0.1) is 23.2 Å². The fourth-order valence-corrected chi connectivity index (χ4v) is 11.8. The number of Topliss-reactive ketones (excluding diaryl/α,β-unsaturated/α-hetero) is 3. The molecular formula is C92H93Br8Cl4FO28S. The molecule has 11 aromatic rings. The summed E-state index contributed by atoms with van der Waals surface area (Å²) in [6, 6.07) is 54.2. The molecule has 0 heterocycles. The first kappa shape index (κ1) is 126. The van der Waals surface area contributed by atoms with Gasteiger partial charge in [0.1, 0.15) is 58.6 Å². The molecule has 11 rings (SSSR count). The zero-order valence-electron chi connectivity index (χ0n) is 73.7. The van der Waals surface area contributed by atoms with Gasteiger partial charge in [-0.2, -0.15) is 0 Å². The van der Waals surface area contributed by atoms with Crippen molar-refractivity contribution in [1.29, 1.82) is 0 Å². The maximum absolute atomic E-state index is 11.2. The molecule has 134 heavy (non-hydrogen) atoms. The number of aldehydes is 5. The van der Waals surface area contributed by atoms with E-state index in [1.165, 1.54) is 69.9 Å². The van der Waals surface area contributed by atoms with Gasteiger partial charge in [-0.3, -0.25) is 47.5 Å². The number of phenolic OH excluding ortho intramolecular Hbond substituents is 8. The molecule has 0 aliphatic heterocycles. The number of rotatable bonds is 21. The van der Waals surface area contributed by atoms with Crippen molar-refractivity contribution in [3.05, 3.63) is 274 Å². The van der Waals surface area contributed by atoms with Crippen LogP contribution in [0.4, 0.5) is 4.39 Å². The number of aliphatic carboxylic acids is 1. The number of methoxy groups -OCH3 is 3. The van der Waals surface area contributed by atoms with Crippen molar-refractivity contribution in [2.45, 2.75) is 55.4 Å². The van der Waals surface area contributed by atoms with E-state index in [4.69, 9.17) is 112 Å². The maximum Gasteiger partial charge on any atom is 0.300 e. The third-order valence-corrected chi connectivity index (χ3v) is 22.2. The average Bonchev–Trinajstić information content (AvgIpc) is 0.823. The zero-order chi connectivity index (χ0) is 104. The van der Waals surface area contributed by atoms with Gasteiger partial charge in [0.25, 0.3) is 5.97 Å². The second-order valence-corrected chi connectivity index (χ2v) is 33.8. The number of hydrogen-bond donors (Lipinski definition) is 10. The Hall–Kier alpha value is -9.91. The molecule has 42 heteroatoms. The quantitative estimate of drug-likeness (QED) is 0.0105. The number of aromatic hydroxyl groups is 8. The fraction of sp³-hybridized carbons (Fsp3) is 0.185. The summed E-state index contributed by atoms with van der Waals surface area (Å²) in [5.74, 6) is 4.60. The maximum atomic E-state index is 11.2. The first-order valence-electron chi connectivity index (χ1n) is 38.0. The number of carboxylic acids is 1. The molecule has 0 aliphatic carbocycles. The Morgan fingerprint density at radius 3 is 0.933 bits per heavy atom. The number of benzene rings is 11. The predicted molar refractivity (Wildman–Crippen MR) is 546 cm³/mol. The van der Waals surface area contributed by atoms with Gasteiger partial charge < -0.3 is 89.0 Å². The number of ether oxygens (including phenoxy) is 8. The van der Waals surface area contributed by atoms with E-state index in [1.54, 1.807) is 113 Å². The van der Waals surface area contributed by atoms with Gasteiger partial charge >= 0.3 is 0 Å². The summed E-state index contributed by atoms with van der Waals surface area (Å²) in [6.45, 7) is 15.4. The van der Waals surface area contributed by atoms with Crippen molar-refractivity contribution in [2.75, 3.05) is 60.2 Å². The minimum Gasteiger partial charge on any atom is -0.508 e. The minimum absolute atomic E-state index is 0.00287. The van der Waals surface area contributed by atoms with E-state index in [-0.39, 0.29) is 107 Å². The Morgan fingerprint density at radius 1 is 0.388 bits per heavy atom. The molecule has 0 amide bonds. The molecule has 11 aromatic carbocycles. The van der Waals surface area contributed by atoms with Crippen molar-refractivity contribution in [2.24, 2.45) is 0 Å². The Kier molecular flexibility index (Phi) is 70.0. The lowest BCUT2D eigenvalue weighted by Gasteiger charge is -2.08. The van der Waals surface area contributed by atoms with E-state index < -0.39 is 22.3 Å². The summed E-state index contributed by atoms with van der Waals surface area (Å²) in [5.41, 5.74) is 4.02. The Morgan fingerprint density at radius 2 is 0.649 bits per heavy atom. The average molecular weight is 2480 g/mol. The SMILES string of the molecule is CC(=O)O.CC(=O)c1ccc(Br)cc1.CCO.CCOc1ccc(O)cc1.CCOc1ccc(Oc2ccc(C(C)=O)cc2)cc1.CCOc1ccc(Oc2ccc(C(C)=O)cc2)cc1.COc1cc(C=O)c(Br)c(Br)c1O.COc1cc(C=O)cc(Br)c1O.COc1cc(C=O)ccc1O.ClCCl.O=Cc1cc(O)c(O)c(Br)c1Br.O=Cc1cc(O)c(O)c(Br)c1Br.O=S(Cl)Cl.[2H]CF. The molecular weight excluding hydrogens is 2390 g/mol. The van der Waals surface area contributed by atoms with Gasteiger partial charge in [0.05, 0.1) is 72.9 Å². The highest BCUT2D eigenvalue weighted by Gasteiger charge is 2.17. The van der Waals surface area contributed by atoms with Crippen LogP contribution in [-0.4, -0.2) is 170 Å². The van der Waals surface area contributed by atoms with Crippen LogP contribution in [0, 0.1) is 0 Å². The highest BCUT2D eigenvalue weighted by Crippen LogP contribution is 2.44. The monoisotopic (exact) mass is 2470 g/mol. The van der Waals surface area contributed by atoms with Crippen LogP contribution in [0.5, 0.6) is 103 Å². The van der Waals surface area contributed by atoms with Crippen LogP contribution in [0.1, 0.15) is 140 Å². The largest absolute Gasteiger partial charge is 0.508 e. The van der Waals surface area contributed by atoms with E-state index in [0.29, 0.717) is 119 Å². The van der Waals surface area contributed by atoms with E-state index in [2.05, 4.69) is 149 Å². The minimum atomic E-state index is -1.67.